The predicted octanol–water partition coefficient (Wildman–Crippen LogP) is 4.00. The summed E-state index contributed by atoms with van der Waals surface area (Å²) >= 11 is 0. The first-order valence-electron chi connectivity index (χ1n) is 12.0. The van der Waals surface area contributed by atoms with E-state index in [4.69, 9.17) is 0 Å². The molecule has 1 aliphatic carbocycles. The Morgan fingerprint density at radius 3 is 2.62 bits per heavy atom. The van der Waals surface area contributed by atoms with Gasteiger partial charge in [0.05, 0.1) is 6.54 Å². The third-order valence-electron chi connectivity index (χ3n) is 8.11. The van der Waals surface area contributed by atoms with Crippen LogP contribution < -0.4 is 5.32 Å². The molecule has 3 aliphatic rings. The highest BCUT2D eigenvalue weighted by Gasteiger charge is 2.60. The first-order valence-corrected chi connectivity index (χ1v) is 12.0. The van der Waals surface area contributed by atoms with Gasteiger partial charge in [0.15, 0.2) is 0 Å². The fourth-order valence-corrected chi connectivity index (χ4v) is 6.59. The van der Waals surface area contributed by atoms with E-state index in [-0.39, 0.29) is 23.2 Å². The Morgan fingerprint density at radius 1 is 1.12 bits per heavy atom. The summed E-state index contributed by atoms with van der Waals surface area (Å²) in [4.78, 5) is 18.0. The van der Waals surface area contributed by atoms with E-state index in [1.165, 1.54) is 30.5 Å². The Morgan fingerprint density at radius 2 is 1.88 bits per heavy atom. The molecule has 0 radical (unpaired) electrons. The van der Waals surface area contributed by atoms with E-state index in [9.17, 15) is 9.18 Å². The molecule has 5 heteroatoms. The van der Waals surface area contributed by atoms with Crippen molar-refractivity contribution < 1.29 is 9.18 Å². The molecule has 2 saturated heterocycles. The van der Waals surface area contributed by atoms with Gasteiger partial charge < -0.3 is 10.2 Å². The first kappa shape index (κ1) is 21.6. The van der Waals surface area contributed by atoms with Crippen molar-refractivity contribution in [3.05, 3.63) is 71.5 Å². The lowest BCUT2D eigenvalue weighted by Gasteiger charge is -2.46. The number of piperidine rings is 1. The Labute approximate surface area is 190 Å². The Balaban J connectivity index is 1.34. The standard InChI is InChI=1S/C27H34FN3O/c1-27-16-23-22(15-19-7-4-3-5-8-19)29-24(27)9-6-10-25(27)31(23)26(32)18-30(2)17-20-11-13-21(28)14-12-20/h3-5,7-8,11-14,22-25,29H,6,9-10,15-18H2,1-2H3/t22-,23+,24-,25+,27-/m1/s1. The molecule has 1 N–H and O–H groups in total. The molecule has 1 saturated carbocycles. The van der Waals surface area contributed by atoms with Crippen LogP contribution in [0.4, 0.5) is 4.39 Å². The molecule has 5 atom stereocenters. The number of likely N-dealkylation sites (N-methyl/N-ethyl adjacent to an activating group) is 1. The van der Waals surface area contributed by atoms with Crippen LogP contribution in [-0.4, -0.2) is 53.5 Å². The first-order chi connectivity index (χ1) is 15.4. The van der Waals surface area contributed by atoms with E-state index in [1.54, 1.807) is 12.1 Å². The summed E-state index contributed by atoms with van der Waals surface area (Å²) in [7, 11) is 1.98. The fraction of sp³-hybridized carbons (Fsp3) is 0.519. The zero-order valence-electron chi connectivity index (χ0n) is 19.1. The average molecular weight is 436 g/mol. The average Bonchev–Trinajstić information content (AvgIpc) is 3.09. The van der Waals surface area contributed by atoms with Crippen LogP contribution in [0.2, 0.25) is 0 Å². The van der Waals surface area contributed by atoms with Gasteiger partial charge >= 0.3 is 0 Å². The smallest absolute Gasteiger partial charge is 0.237 e. The number of likely N-dealkylation sites (tertiary alicyclic amines) is 1. The highest BCUT2D eigenvalue weighted by atomic mass is 19.1. The number of nitrogens with one attached hydrogen (secondary N) is 1. The summed E-state index contributed by atoms with van der Waals surface area (Å²) in [5, 5.41) is 3.98. The molecule has 3 fully saturated rings. The number of carbonyl (C=O) groups excluding carboxylic acids is 1. The number of hydrogen-bond acceptors (Lipinski definition) is 3. The van der Waals surface area contributed by atoms with Gasteiger partial charge in [-0.1, -0.05) is 49.4 Å². The molecule has 0 aromatic heterocycles. The molecule has 32 heavy (non-hydrogen) atoms. The fourth-order valence-electron chi connectivity index (χ4n) is 6.59. The van der Waals surface area contributed by atoms with E-state index in [2.05, 4.69) is 52.4 Å². The molecule has 170 valence electrons. The van der Waals surface area contributed by atoms with Crippen molar-refractivity contribution in [3.63, 3.8) is 0 Å². The van der Waals surface area contributed by atoms with Gasteiger partial charge in [0.25, 0.3) is 0 Å². The third kappa shape index (κ3) is 3.97. The molecule has 2 aliphatic heterocycles. The van der Waals surface area contributed by atoms with Crippen LogP contribution >= 0.6 is 0 Å². The van der Waals surface area contributed by atoms with Gasteiger partial charge in [-0.25, -0.2) is 4.39 Å². The number of carbonyl (C=O) groups is 1. The molecule has 0 spiro atoms. The largest absolute Gasteiger partial charge is 0.333 e. The molecule has 2 bridgehead atoms. The maximum atomic E-state index is 13.7. The topological polar surface area (TPSA) is 35.6 Å². The van der Waals surface area contributed by atoms with E-state index in [0.29, 0.717) is 31.2 Å². The van der Waals surface area contributed by atoms with Crippen molar-refractivity contribution in [2.45, 2.75) is 69.7 Å². The van der Waals surface area contributed by atoms with Gasteiger partial charge in [-0.15, -0.1) is 0 Å². The second-order valence-electron chi connectivity index (χ2n) is 10.3. The lowest BCUT2D eigenvalue weighted by Crippen LogP contribution is -2.58. The maximum Gasteiger partial charge on any atom is 0.237 e. The lowest BCUT2D eigenvalue weighted by atomic mass is 9.65. The molecule has 4 nitrogen and oxygen atoms in total. The van der Waals surface area contributed by atoms with Crippen molar-refractivity contribution >= 4 is 5.91 Å². The van der Waals surface area contributed by atoms with E-state index in [0.717, 1.165) is 24.8 Å². The number of nitrogens with zero attached hydrogens (tertiary/aromatic N) is 2. The summed E-state index contributed by atoms with van der Waals surface area (Å²) in [5.74, 6) is 0.00428. The second-order valence-corrected chi connectivity index (χ2v) is 10.3. The van der Waals surface area contributed by atoms with Gasteiger partial charge in [0, 0.05) is 36.1 Å². The molecule has 1 amide bonds. The Kier molecular flexibility index (Phi) is 5.81. The Hall–Kier alpha value is -2.24. The van der Waals surface area contributed by atoms with Gasteiger partial charge in [0.2, 0.25) is 5.91 Å². The summed E-state index contributed by atoms with van der Waals surface area (Å²) in [6.45, 7) is 3.43. The zero-order valence-corrected chi connectivity index (χ0v) is 19.1. The minimum Gasteiger partial charge on any atom is -0.333 e. The van der Waals surface area contributed by atoms with Crippen LogP contribution in [0.5, 0.6) is 0 Å². The number of fused-ring (bicyclic) bond motifs is 1. The van der Waals surface area contributed by atoms with Crippen molar-refractivity contribution in [1.82, 2.24) is 15.1 Å². The summed E-state index contributed by atoms with van der Waals surface area (Å²) in [5.41, 5.74) is 2.52. The van der Waals surface area contributed by atoms with Crippen LogP contribution in [-0.2, 0) is 17.8 Å². The third-order valence-corrected chi connectivity index (χ3v) is 8.11. The van der Waals surface area contributed by atoms with E-state index < -0.39 is 0 Å². The van der Waals surface area contributed by atoms with Crippen LogP contribution in [0, 0.1) is 11.2 Å². The van der Waals surface area contributed by atoms with E-state index >= 15 is 0 Å². The summed E-state index contributed by atoms with van der Waals surface area (Å²) in [6, 6.07) is 18.6. The summed E-state index contributed by atoms with van der Waals surface area (Å²) in [6.07, 6.45) is 5.55. The highest BCUT2D eigenvalue weighted by molar-refractivity contribution is 5.80. The minimum atomic E-state index is -0.228. The van der Waals surface area contributed by atoms with Gasteiger partial charge in [-0.05, 0) is 62.4 Å². The molecule has 2 aromatic rings. The maximum absolute atomic E-state index is 13.7. The van der Waals surface area contributed by atoms with Gasteiger partial charge in [-0.2, -0.15) is 0 Å². The van der Waals surface area contributed by atoms with Crippen molar-refractivity contribution in [3.8, 4) is 0 Å². The number of benzene rings is 2. The highest BCUT2D eigenvalue weighted by Crippen LogP contribution is 2.53. The molecule has 0 unspecified atom stereocenters. The lowest BCUT2D eigenvalue weighted by molar-refractivity contribution is -0.136. The normalized spacial score (nSPS) is 31.2. The van der Waals surface area contributed by atoms with E-state index in [1.807, 2.05) is 7.05 Å². The van der Waals surface area contributed by atoms with Crippen molar-refractivity contribution in [2.24, 2.45) is 5.41 Å². The zero-order chi connectivity index (χ0) is 22.3. The summed E-state index contributed by atoms with van der Waals surface area (Å²) < 4.78 is 13.2. The number of amides is 1. The number of hydrogen-bond donors (Lipinski definition) is 1. The quantitative estimate of drug-likeness (QED) is 0.745. The van der Waals surface area contributed by atoms with Crippen LogP contribution in [0.3, 0.4) is 0 Å². The van der Waals surface area contributed by atoms with Gasteiger partial charge in [-0.3, -0.25) is 9.69 Å². The number of halogens is 1. The monoisotopic (exact) mass is 435 g/mol. The van der Waals surface area contributed by atoms with Gasteiger partial charge in [0.1, 0.15) is 5.82 Å². The molecular formula is C27H34FN3O. The van der Waals surface area contributed by atoms with Crippen LogP contribution in [0.15, 0.2) is 54.6 Å². The number of rotatable bonds is 6. The minimum absolute atomic E-state index is 0.168. The van der Waals surface area contributed by atoms with Crippen molar-refractivity contribution in [2.75, 3.05) is 13.6 Å². The SMILES string of the molecule is CN(CC(=O)N1[C@H]2CCC[C@H]3N[C@H](Cc4ccccc4)[C@@H]1C[C@@]23C)Cc1ccc(F)cc1. The van der Waals surface area contributed by atoms with Crippen LogP contribution in [0.25, 0.3) is 0 Å². The second kappa shape index (κ2) is 8.60. The molecular weight excluding hydrogens is 401 g/mol. The Bertz CT molecular complexity index is 949. The molecule has 2 heterocycles. The predicted molar refractivity (Wildman–Crippen MR) is 125 cm³/mol. The molecule has 2 aromatic carbocycles. The molecule has 5 rings (SSSR count). The van der Waals surface area contributed by atoms with Crippen molar-refractivity contribution in [1.29, 1.82) is 0 Å². The van der Waals surface area contributed by atoms with Crippen LogP contribution in [0.1, 0.15) is 43.7 Å².